The molecule has 1 fully saturated rings. The van der Waals surface area contributed by atoms with E-state index < -0.39 is 0 Å². The number of nitrogens with one attached hydrogen (secondary N) is 2. The summed E-state index contributed by atoms with van der Waals surface area (Å²) in [6.45, 7) is 7.04. The predicted octanol–water partition coefficient (Wildman–Crippen LogP) is 2.29. The van der Waals surface area contributed by atoms with Crippen molar-refractivity contribution in [3.63, 3.8) is 0 Å². The molecular formula is C20H30IN5O2. The average molecular weight is 499 g/mol. The van der Waals surface area contributed by atoms with Gasteiger partial charge in [0.05, 0.1) is 31.7 Å². The van der Waals surface area contributed by atoms with E-state index in [0.717, 1.165) is 76.2 Å². The maximum atomic E-state index is 5.39. The number of rotatable bonds is 9. The second-order valence-corrected chi connectivity index (χ2v) is 6.48. The van der Waals surface area contributed by atoms with Crippen LogP contribution in [0.5, 0.6) is 0 Å². The molecule has 0 aliphatic carbocycles. The third-order valence-electron chi connectivity index (χ3n) is 4.42. The monoisotopic (exact) mass is 499 g/mol. The number of ether oxygens (including phenoxy) is 1. The summed E-state index contributed by atoms with van der Waals surface area (Å²) in [6.07, 6.45) is 5.40. The molecule has 1 saturated heterocycles. The summed E-state index contributed by atoms with van der Waals surface area (Å²) in [7, 11) is 0. The van der Waals surface area contributed by atoms with Crippen molar-refractivity contribution in [1.82, 2.24) is 20.5 Å². The van der Waals surface area contributed by atoms with Crippen molar-refractivity contribution < 1.29 is 9.15 Å². The summed E-state index contributed by atoms with van der Waals surface area (Å²) in [5, 5.41) is 6.82. The van der Waals surface area contributed by atoms with Crippen molar-refractivity contribution in [3.05, 3.63) is 54.2 Å². The molecule has 28 heavy (non-hydrogen) atoms. The van der Waals surface area contributed by atoms with E-state index in [1.165, 1.54) is 0 Å². The molecule has 154 valence electrons. The number of furan rings is 1. The number of halogens is 1. The SMILES string of the molecule is I.c1ccc(CN=C(NCCCN2CCOCC2)NCCc2ccco2)nc1. The van der Waals surface area contributed by atoms with Crippen LogP contribution in [0.15, 0.2) is 52.2 Å². The van der Waals surface area contributed by atoms with Crippen LogP contribution in [0.25, 0.3) is 0 Å². The Bertz CT molecular complexity index is 661. The molecule has 8 heteroatoms. The highest BCUT2D eigenvalue weighted by atomic mass is 127. The van der Waals surface area contributed by atoms with E-state index in [9.17, 15) is 0 Å². The Morgan fingerprint density at radius 3 is 2.71 bits per heavy atom. The Morgan fingerprint density at radius 1 is 1.11 bits per heavy atom. The number of pyridine rings is 1. The third kappa shape index (κ3) is 8.57. The zero-order valence-electron chi connectivity index (χ0n) is 16.2. The first kappa shape index (κ1) is 22.6. The standard InChI is InChI=1S/C20H29N5O2.HI/c1-2-8-21-18(5-1)17-24-20(23-10-7-19-6-3-14-27-19)22-9-4-11-25-12-15-26-16-13-25;/h1-3,5-6,8,14H,4,7,9-13,15-17H2,(H2,22,23,24);1H. The topological polar surface area (TPSA) is 74.9 Å². The first-order chi connectivity index (χ1) is 13.4. The molecule has 0 atom stereocenters. The second-order valence-electron chi connectivity index (χ2n) is 6.48. The maximum Gasteiger partial charge on any atom is 0.191 e. The quantitative estimate of drug-likeness (QED) is 0.239. The Balaban J connectivity index is 0.00000280. The Labute approximate surface area is 184 Å². The van der Waals surface area contributed by atoms with Gasteiger partial charge < -0.3 is 19.8 Å². The molecule has 7 nitrogen and oxygen atoms in total. The molecule has 0 bridgehead atoms. The number of aliphatic imine (C=N–C) groups is 1. The van der Waals surface area contributed by atoms with E-state index in [1.54, 1.807) is 12.5 Å². The first-order valence-electron chi connectivity index (χ1n) is 9.65. The van der Waals surface area contributed by atoms with Crippen LogP contribution in [0.4, 0.5) is 0 Å². The minimum Gasteiger partial charge on any atom is -0.469 e. The van der Waals surface area contributed by atoms with E-state index in [-0.39, 0.29) is 24.0 Å². The van der Waals surface area contributed by atoms with Crippen LogP contribution in [0.3, 0.4) is 0 Å². The minimum atomic E-state index is 0. The molecule has 2 aromatic heterocycles. The highest BCUT2D eigenvalue weighted by Crippen LogP contribution is 2.00. The van der Waals surface area contributed by atoms with Crippen molar-refractivity contribution in [2.24, 2.45) is 4.99 Å². The van der Waals surface area contributed by atoms with Gasteiger partial charge in [0.1, 0.15) is 5.76 Å². The molecule has 0 radical (unpaired) electrons. The summed E-state index contributed by atoms with van der Waals surface area (Å²) in [5.74, 6) is 1.79. The van der Waals surface area contributed by atoms with Crippen LogP contribution in [-0.4, -0.2) is 61.8 Å². The van der Waals surface area contributed by atoms with E-state index >= 15 is 0 Å². The lowest BCUT2D eigenvalue weighted by Crippen LogP contribution is -2.41. The second kappa shape index (κ2) is 13.5. The van der Waals surface area contributed by atoms with E-state index in [1.807, 2.05) is 30.3 Å². The van der Waals surface area contributed by atoms with Crippen LogP contribution in [0, 0.1) is 0 Å². The summed E-state index contributed by atoms with van der Waals surface area (Å²) in [6, 6.07) is 9.79. The molecule has 3 rings (SSSR count). The molecule has 0 spiro atoms. The maximum absolute atomic E-state index is 5.39. The van der Waals surface area contributed by atoms with Crippen molar-refractivity contribution >= 4 is 29.9 Å². The number of morpholine rings is 1. The van der Waals surface area contributed by atoms with Crippen molar-refractivity contribution in [1.29, 1.82) is 0 Å². The predicted molar refractivity (Wildman–Crippen MR) is 121 cm³/mol. The van der Waals surface area contributed by atoms with Crippen molar-refractivity contribution in [2.75, 3.05) is 45.9 Å². The molecule has 2 aromatic rings. The Kier molecular flexibility index (Phi) is 10.9. The van der Waals surface area contributed by atoms with E-state index in [4.69, 9.17) is 9.15 Å². The lowest BCUT2D eigenvalue weighted by molar-refractivity contribution is 0.0376. The molecule has 1 aliphatic rings. The van der Waals surface area contributed by atoms with Gasteiger partial charge in [0.15, 0.2) is 5.96 Å². The van der Waals surface area contributed by atoms with Gasteiger partial charge in [-0.3, -0.25) is 9.88 Å². The molecule has 1 aliphatic heterocycles. The lowest BCUT2D eigenvalue weighted by atomic mass is 10.3. The molecule has 0 amide bonds. The fourth-order valence-corrected chi connectivity index (χ4v) is 2.92. The van der Waals surface area contributed by atoms with Gasteiger partial charge in [-0.05, 0) is 37.2 Å². The Hall–Kier alpha value is -1.65. The van der Waals surface area contributed by atoms with Gasteiger partial charge in [0.25, 0.3) is 0 Å². The third-order valence-corrected chi connectivity index (χ3v) is 4.42. The number of hydrogen-bond donors (Lipinski definition) is 2. The molecule has 0 saturated carbocycles. The van der Waals surface area contributed by atoms with Crippen LogP contribution in [0.2, 0.25) is 0 Å². The fraction of sp³-hybridized carbons (Fsp3) is 0.500. The highest BCUT2D eigenvalue weighted by molar-refractivity contribution is 14.0. The van der Waals surface area contributed by atoms with Crippen molar-refractivity contribution in [2.45, 2.75) is 19.4 Å². The lowest BCUT2D eigenvalue weighted by Gasteiger charge is -2.26. The minimum absolute atomic E-state index is 0. The van der Waals surface area contributed by atoms with Gasteiger partial charge in [0.2, 0.25) is 0 Å². The van der Waals surface area contributed by atoms with E-state index in [2.05, 4.69) is 25.5 Å². The fourth-order valence-electron chi connectivity index (χ4n) is 2.92. The normalized spacial score (nSPS) is 15.1. The van der Waals surface area contributed by atoms with Gasteiger partial charge in [-0.2, -0.15) is 0 Å². The van der Waals surface area contributed by atoms with Gasteiger partial charge in [0, 0.05) is 38.8 Å². The molecule has 3 heterocycles. The van der Waals surface area contributed by atoms with Gasteiger partial charge in [-0.1, -0.05) is 6.07 Å². The van der Waals surface area contributed by atoms with Crippen LogP contribution >= 0.6 is 24.0 Å². The number of aromatic nitrogens is 1. The Morgan fingerprint density at radius 2 is 1.96 bits per heavy atom. The summed E-state index contributed by atoms with van der Waals surface area (Å²) >= 11 is 0. The number of hydrogen-bond acceptors (Lipinski definition) is 5. The summed E-state index contributed by atoms with van der Waals surface area (Å²) < 4.78 is 10.8. The summed E-state index contributed by atoms with van der Waals surface area (Å²) in [5.41, 5.74) is 0.956. The first-order valence-corrected chi connectivity index (χ1v) is 9.65. The van der Waals surface area contributed by atoms with Gasteiger partial charge in [-0.15, -0.1) is 24.0 Å². The average Bonchev–Trinajstić information content (AvgIpc) is 3.24. The van der Waals surface area contributed by atoms with Crippen LogP contribution < -0.4 is 10.6 Å². The van der Waals surface area contributed by atoms with Crippen molar-refractivity contribution in [3.8, 4) is 0 Å². The molecule has 0 aromatic carbocycles. The largest absolute Gasteiger partial charge is 0.469 e. The molecule has 2 N–H and O–H groups in total. The molecule has 0 unspecified atom stereocenters. The number of guanidine groups is 1. The zero-order chi connectivity index (χ0) is 18.6. The van der Waals surface area contributed by atoms with Gasteiger partial charge in [-0.25, -0.2) is 4.99 Å². The smallest absolute Gasteiger partial charge is 0.191 e. The molecular weight excluding hydrogens is 469 g/mol. The summed E-state index contributed by atoms with van der Waals surface area (Å²) in [4.78, 5) is 11.4. The van der Waals surface area contributed by atoms with Gasteiger partial charge >= 0.3 is 0 Å². The van der Waals surface area contributed by atoms with Crippen LogP contribution in [0.1, 0.15) is 17.9 Å². The van der Waals surface area contributed by atoms with E-state index in [0.29, 0.717) is 6.54 Å². The highest BCUT2D eigenvalue weighted by Gasteiger charge is 2.09. The number of nitrogens with zero attached hydrogens (tertiary/aromatic N) is 3. The van der Waals surface area contributed by atoms with Crippen LogP contribution in [-0.2, 0) is 17.7 Å². The zero-order valence-corrected chi connectivity index (χ0v) is 18.5.